The van der Waals surface area contributed by atoms with Gasteiger partial charge in [0.25, 0.3) is 0 Å². The molecule has 18 heavy (non-hydrogen) atoms. The number of aliphatic hydroxyl groups is 1. The van der Waals surface area contributed by atoms with Gasteiger partial charge < -0.3 is 10.8 Å². The number of nitrogens with zero attached hydrogens (tertiary/aromatic N) is 4. The zero-order chi connectivity index (χ0) is 12.9. The first-order valence-electron chi connectivity index (χ1n) is 5.68. The van der Waals surface area contributed by atoms with Gasteiger partial charge in [-0.2, -0.15) is 9.97 Å². The summed E-state index contributed by atoms with van der Waals surface area (Å²) < 4.78 is 2.99. The molecule has 1 saturated carbocycles. The third kappa shape index (κ3) is 1.58. The van der Waals surface area contributed by atoms with Gasteiger partial charge in [0.2, 0.25) is 5.95 Å². The number of anilines is 1. The molecule has 0 spiro atoms. The standard InChI is InChI=1S/C10H12ClN5O2/c11-7-6-8(14-9(12)13-7)15(3-4-17)10(18)16(6)5-1-2-5/h5,17H,1-4H2,(H2,12,13,14). The molecule has 2 heterocycles. The summed E-state index contributed by atoms with van der Waals surface area (Å²) in [6.45, 7) is 0.0209. The van der Waals surface area contributed by atoms with Crippen LogP contribution in [0.4, 0.5) is 5.95 Å². The van der Waals surface area contributed by atoms with Crippen LogP contribution in [-0.2, 0) is 6.54 Å². The molecule has 1 aliphatic carbocycles. The fourth-order valence-corrected chi connectivity index (χ4v) is 2.38. The minimum Gasteiger partial charge on any atom is -0.395 e. The minimum absolute atomic E-state index is 0.0205. The number of imidazole rings is 1. The molecular weight excluding hydrogens is 258 g/mol. The highest BCUT2D eigenvalue weighted by molar-refractivity contribution is 6.33. The van der Waals surface area contributed by atoms with Crippen molar-refractivity contribution in [2.45, 2.75) is 25.4 Å². The Hall–Kier alpha value is -1.60. The van der Waals surface area contributed by atoms with Crippen LogP contribution < -0.4 is 11.4 Å². The smallest absolute Gasteiger partial charge is 0.330 e. The molecule has 1 fully saturated rings. The molecule has 3 rings (SSSR count). The minimum atomic E-state index is -0.219. The number of aromatic nitrogens is 4. The Morgan fingerprint density at radius 2 is 2.17 bits per heavy atom. The van der Waals surface area contributed by atoms with E-state index in [2.05, 4.69) is 9.97 Å². The molecule has 0 radical (unpaired) electrons. The van der Waals surface area contributed by atoms with Crippen LogP contribution in [0.2, 0.25) is 5.15 Å². The summed E-state index contributed by atoms with van der Waals surface area (Å²) in [4.78, 5) is 20.2. The molecule has 0 saturated heterocycles. The predicted molar refractivity (Wildman–Crippen MR) is 66.6 cm³/mol. The summed E-state index contributed by atoms with van der Waals surface area (Å²) in [5, 5.41) is 9.21. The zero-order valence-electron chi connectivity index (χ0n) is 9.51. The number of rotatable bonds is 3. The fourth-order valence-electron chi connectivity index (χ4n) is 2.12. The molecule has 3 N–H and O–H groups in total. The number of nitrogen functional groups attached to an aromatic ring is 1. The summed E-state index contributed by atoms with van der Waals surface area (Å²) in [6, 6.07) is 0.157. The van der Waals surface area contributed by atoms with Crippen LogP contribution in [0.1, 0.15) is 18.9 Å². The summed E-state index contributed by atoms with van der Waals surface area (Å²) in [6.07, 6.45) is 1.89. The molecule has 0 atom stereocenters. The third-order valence-electron chi connectivity index (χ3n) is 3.01. The lowest BCUT2D eigenvalue weighted by atomic mass is 10.5. The number of halogens is 1. The molecule has 2 aromatic rings. The molecule has 0 bridgehead atoms. The summed E-state index contributed by atoms with van der Waals surface area (Å²) in [7, 11) is 0. The van der Waals surface area contributed by atoms with Crippen molar-refractivity contribution in [1.82, 2.24) is 19.1 Å². The van der Waals surface area contributed by atoms with Gasteiger partial charge in [0, 0.05) is 6.04 Å². The topological polar surface area (TPSA) is 99.0 Å². The second-order valence-corrected chi connectivity index (χ2v) is 4.66. The highest BCUT2D eigenvalue weighted by atomic mass is 35.5. The molecule has 8 heteroatoms. The van der Waals surface area contributed by atoms with Crippen molar-refractivity contribution < 1.29 is 5.11 Å². The molecule has 0 aliphatic heterocycles. The van der Waals surface area contributed by atoms with Crippen LogP contribution in [-0.4, -0.2) is 30.8 Å². The van der Waals surface area contributed by atoms with Gasteiger partial charge in [0.15, 0.2) is 10.8 Å². The Balaban J connectivity index is 2.39. The molecule has 96 valence electrons. The Bertz CT molecular complexity index is 673. The van der Waals surface area contributed by atoms with Gasteiger partial charge in [-0.15, -0.1) is 0 Å². The van der Waals surface area contributed by atoms with Gasteiger partial charge in [0.1, 0.15) is 5.52 Å². The Kier molecular flexibility index (Phi) is 2.53. The van der Waals surface area contributed by atoms with E-state index in [0.29, 0.717) is 11.2 Å². The second kappa shape index (κ2) is 3.96. The molecule has 0 aromatic carbocycles. The average molecular weight is 270 g/mol. The summed E-state index contributed by atoms with van der Waals surface area (Å²) >= 11 is 6.06. The summed E-state index contributed by atoms with van der Waals surface area (Å²) in [5.74, 6) is 0.0205. The Morgan fingerprint density at radius 3 is 2.78 bits per heavy atom. The first-order chi connectivity index (χ1) is 8.63. The Morgan fingerprint density at radius 1 is 1.44 bits per heavy atom. The van der Waals surface area contributed by atoms with E-state index in [9.17, 15) is 4.79 Å². The monoisotopic (exact) mass is 269 g/mol. The third-order valence-corrected chi connectivity index (χ3v) is 3.27. The van der Waals surface area contributed by atoms with Crippen molar-refractivity contribution in [3.8, 4) is 0 Å². The molecular formula is C10H12ClN5O2. The van der Waals surface area contributed by atoms with Gasteiger partial charge in [-0.05, 0) is 12.8 Å². The van der Waals surface area contributed by atoms with Crippen LogP contribution >= 0.6 is 11.6 Å². The van der Waals surface area contributed by atoms with E-state index in [4.69, 9.17) is 22.4 Å². The van der Waals surface area contributed by atoms with Crippen LogP contribution in [0, 0.1) is 0 Å². The van der Waals surface area contributed by atoms with Crippen LogP contribution in [0.25, 0.3) is 11.2 Å². The fraction of sp³-hybridized carbons (Fsp3) is 0.500. The maximum atomic E-state index is 12.3. The van der Waals surface area contributed by atoms with Crippen molar-refractivity contribution in [3.63, 3.8) is 0 Å². The lowest BCUT2D eigenvalue weighted by Crippen LogP contribution is -2.25. The lowest BCUT2D eigenvalue weighted by molar-refractivity contribution is 0.275. The van der Waals surface area contributed by atoms with E-state index in [0.717, 1.165) is 12.8 Å². The van der Waals surface area contributed by atoms with Gasteiger partial charge in [0.05, 0.1) is 13.2 Å². The normalized spacial score (nSPS) is 15.4. The highest BCUT2D eigenvalue weighted by Crippen LogP contribution is 2.37. The van der Waals surface area contributed by atoms with Crippen LogP contribution in [0.15, 0.2) is 4.79 Å². The van der Waals surface area contributed by atoms with Gasteiger partial charge in [-0.1, -0.05) is 11.6 Å². The molecule has 7 nitrogen and oxygen atoms in total. The molecule has 2 aromatic heterocycles. The number of hydrogen-bond donors (Lipinski definition) is 2. The van der Waals surface area contributed by atoms with Crippen molar-refractivity contribution >= 4 is 28.7 Å². The first kappa shape index (κ1) is 11.5. The van der Waals surface area contributed by atoms with Gasteiger partial charge in [-0.3, -0.25) is 9.13 Å². The molecule has 0 unspecified atom stereocenters. The van der Waals surface area contributed by atoms with E-state index in [-0.39, 0.29) is 36.0 Å². The van der Waals surface area contributed by atoms with E-state index >= 15 is 0 Å². The average Bonchev–Trinajstić information content (AvgIpc) is 3.09. The second-order valence-electron chi connectivity index (χ2n) is 4.30. The summed E-state index contributed by atoms with van der Waals surface area (Å²) in [5.41, 5.74) is 6.22. The van der Waals surface area contributed by atoms with Gasteiger partial charge in [-0.25, -0.2) is 4.79 Å². The number of aliphatic hydroxyl groups excluding tert-OH is 1. The molecule has 1 aliphatic rings. The van der Waals surface area contributed by atoms with Crippen LogP contribution in [0.5, 0.6) is 0 Å². The maximum absolute atomic E-state index is 12.3. The highest BCUT2D eigenvalue weighted by Gasteiger charge is 2.30. The molecule has 0 amide bonds. The zero-order valence-corrected chi connectivity index (χ0v) is 10.3. The SMILES string of the molecule is Nc1nc(Cl)c2c(n1)n(CCO)c(=O)n2C1CC1. The number of hydrogen-bond acceptors (Lipinski definition) is 5. The number of nitrogens with two attached hydrogens (primary N) is 1. The van der Waals surface area contributed by atoms with Crippen molar-refractivity contribution in [3.05, 3.63) is 15.6 Å². The van der Waals surface area contributed by atoms with E-state index in [1.54, 1.807) is 4.57 Å². The van der Waals surface area contributed by atoms with Gasteiger partial charge >= 0.3 is 5.69 Å². The van der Waals surface area contributed by atoms with Crippen molar-refractivity contribution in [2.75, 3.05) is 12.3 Å². The number of fused-ring (bicyclic) bond motifs is 1. The van der Waals surface area contributed by atoms with E-state index < -0.39 is 0 Å². The largest absolute Gasteiger partial charge is 0.395 e. The first-order valence-corrected chi connectivity index (χ1v) is 6.06. The predicted octanol–water partition coefficient (Wildman–Crippen LogP) is 0.156. The van der Waals surface area contributed by atoms with Crippen molar-refractivity contribution in [2.24, 2.45) is 0 Å². The van der Waals surface area contributed by atoms with E-state index in [1.165, 1.54) is 4.57 Å². The maximum Gasteiger partial charge on any atom is 0.330 e. The quantitative estimate of drug-likeness (QED) is 0.773. The van der Waals surface area contributed by atoms with E-state index in [1.807, 2.05) is 0 Å². The van der Waals surface area contributed by atoms with Crippen LogP contribution in [0.3, 0.4) is 0 Å². The lowest BCUT2D eigenvalue weighted by Gasteiger charge is -2.01. The van der Waals surface area contributed by atoms with Crippen molar-refractivity contribution in [1.29, 1.82) is 0 Å². The Labute approximate surface area is 107 Å².